The Balaban J connectivity index is 3.23. The van der Waals surface area contributed by atoms with Crippen molar-refractivity contribution in [3.63, 3.8) is 0 Å². The Bertz CT molecular complexity index is 461. The third kappa shape index (κ3) is 2.69. The molecule has 82 valence electrons. The van der Waals surface area contributed by atoms with Gasteiger partial charge in [0.15, 0.2) is 0 Å². The normalized spacial score (nSPS) is 9.25. The van der Waals surface area contributed by atoms with Gasteiger partial charge >= 0.3 is 0 Å². The maximum Gasteiger partial charge on any atom is 0.270 e. The Kier molecular flexibility index (Phi) is 3.41. The fourth-order valence-corrected chi connectivity index (χ4v) is 1.10. The molecule has 0 saturated heterocycles. The topological polar surface area (TPSA) is 132 Å². The number of non-ortho nitro benzene ring substituents is 1. The third-order valence-corrected chi connectivity index (χ3v) is 1.74. The fourth-order valence-electron chi connectivity index (χ4n) is 1.10. The van der Waals surface area contributed by atoms with Gasteiger partial charge in [0.2, 0.25) is 0 Å². The predicted molar refractivity (Wildman–Crippen MR) is 50.3 cm³/mol. The molecule has 0 aliphatic heterocycles. The van der Waals surface area contributed by atoms with E-state index < -0.39 is 10.9 Å². The smallest absolute Gasteiger partial charge is 0.270 e. The molecule has 0 unspecified atom stereocenters. The van der Waals surface area contributed by atoms with Crippen LogP contribution in [0.5, 0.6) is 0 Å². The van der Waals surface area contributed by atoms with Gasteiger partial charge in [-0.05, 0) is 17.2 Å². The summed E-state index contributed by atoms with van der Waals surface area (Å²) in [6, 6.07) is 3.19. The van der Waals surface area contributed by atoms with Gasteiger partial charge in [-0.2, -0.15) is 0 Å². The monoisotopic (exact) mass is 221 g/mol. The number of nitro groups is 1. The van der Waals surface area contributed by atoms with Crippen LogP contribution in [0.15, 0.2) is 23.3 Å². The largest absolute Gasteiger partial charge is 0.545 e. The highest BCUT2D eigenvalue weighted by molar-refractivity contribution is 5.86. The zero-order valence-corrected chi connectivity index (χ0v) is 7.86. The van der Waals surface area contributed by atoms with Crippen molar-refractivity contribution in [3.05, 3.63) is 49.9 Å². The van der Waals surface area contributed by atoms with E-state index in [0.717, 1.165) is 18.2 Å². The molecule has 0 aliphatic rings. The van der Waals surface area contributed by atoms with E-state index in [1.54, 1.807) is 0 Å². The van der Waals surface area contributed by atoms with Crippen LogP contribution in [0.2, 0.25) is 0 Å². The quantitative estimate of drug-likeness (QED) is 0.244. The van der Waals surface area contributed by atoms with E-state index in [4.69, 9.17) is 5.53 Å². The zero-order chi connectivity index (χ0) is 12.1. The van der Waals surface area contributed by atoms with Gasteiger partial charge in [0.1, 0.15) is 0 Å². The lowest BCUT2D eigenvalue weighted by atomic mass is 10.1. The number of azide groups is 1. The summed E-state index contributed by atoms with van der Waals surface area (Å²) >= 11 is 0. The molecule has 0 fully saturated rings. The maximum atomic E-state index is 10.6. The number of hydrogen-bond donors (Lipinski definition) is 0. The van der Waals surface area contributed by atoms with Crippen LogP contribution in [-0.2, 0) is 6.54 Å². The first-order valence-electron chi connectivity index (χ1n) is 4.05. The number of rotatable bonds is 4. The molecule has 0 heterocycles. The van der Waals surface area contributed by atoms with Gasteiger partial charge < -0.3 is 9.90 Å². The highest BCUT2D eigenvalue weighted by atomic mass is 16.6. The molecule has 0 N–H and O–H groups in total. The van der Waals surface area contributed by atoms with Crippen LogP contribution in [0, 0.1) is 10.1 Å². The minimum atomic E-state index is -1.52. The summed E-state index contributed by atoms with van der Waals surface area (Å²) in [5.74, 6) is -1.52. The maximum absolute atomic E-state index is 10.6. The van der Waals surface area contributed by atoms with Crippen LogP contribution in [0.25, 0.3) is 10.4 Å². The first kappa shape index (κ1) is 11.5. The first-order valence-corrected chi connectivity index (χ1v) is 4.05. The average Bonchev–Trinajstić information content (AvgIpc) is 2.25. The standard InChI is InChI=1S/C8H6N4O4/c9-11-10-4-5-1-6(8(13)14)3-7(2-5)12(15)16/h1-3H,4H2,(H,13,14)/p-1. The number of carboxylic acids is 1. The van der Waals surface area contributed by atoms with Crippen LogP contribution >= 0.6 is 0 Å². The number of benzene rings is 1. The summed E-state index contributed by atoms with van der Waals surface area (Å²) in [6.45, 7) is -0.154. The van der Waals surface area contributed by atoms with E-state index in [9.17, 15) is 20.0 Å². The first-order chi connectivity index (χ1) is 7.54. The molecule has 0 atom stereocenters. The van der Waals surface area contributed by atoms with Crippen molar-refractivity contribution in [1.29, 1.82) is 0 Å². The minimum absolute atomic E-state index is 0.154. The van der Waals surface area contributed by atoms with Gasteiger partial charge in [-0.3, -0.25) is 10.1 Å². The Hall–Kier alpha value is -2.60. The van der Waals surface area contributed by atoms with Gasteiger partial charge in [-0.25, -0.2) is 0 Å². The van der Waals surface area contributed by atoms with Crippen molar-refractivity contribution < 1.29 is 14.8 Å². The summed E-state index contributed by atoms with van der Waals surface area (Å²) in [4.78, 5) is 22.8. The van der Waals surface area contributed by atoms with Gasteiger partial charge in [0.05, 0.1) is 17.4 Å². The Morgan fingerprint density at radius 2 is 2.19 bits per heavy atom. The number of carbonyl (C=O) groups is 1. The zero-order valence-electron chi connectivity index (χ0n) is 7.86. The molecule has 1 aromatic carbocycles. The molecule has 0 spiro atoms. The highest BCUT2D eigenvalue weighted by Gasteiger charge is 2.09. The Morgan fingerprint density at radius 3 is 2.69 bits per heavy atom. The van der Waals surface area contributed by atoms with Gasteiger partial charge in [0.25, 0.3) is 5.69 Å². The number of nitrogens with zero attached hydrogens (tertiary/aromatic N) is 4. The number of carbonyl (C=O) groups excluding carboxylic acids is 1. The summed E-state index contributed by atoms with van der Waals surface area (Å²) in [6.07, 6.45) is 0. The lowest BCUT2D eigenvalue weighted by Crippen LogP contribution is -2.22. The number of hydrogen-bond acceptors (Lipinski definition) is 5. The van der Waals surface area contributed by atoms with Crippen LogP contribution < -0.4 is 5.11 Å². The van der Waals surface area contributed by atoms with Gasteiger partial charge in [0, 0.05) is 22.6 Å². The predicted octanol–water partition coefficient (Wildman–Crippen LogP) is 0.769. The molecule has 1 rings (SSSR count). The average molecular weight is 221 g/mol. The Labute approximate surface area is 88.9 Å². The van der Waals surface area contributed by atoms with E-state index in [1.165, 1.54) is 0 Å². The van der Waals surface area contributed by atoms with Crippen molar-refractivity contribution in [1.82, 2.24) is 0 Å². The summed E-state index contributed by atoms with van der Waals surface area (Å²) in [5.41, 5.74) is 7.62. The Morgan fingerprint density at radius 1 is 1.50 bits per heavy atom. The lowest BCUT2D eigenvalue weighted by molar-refractivity contribution is -0.385. The number of aromatic carboxylic acids is 1. The van der Waals surface area contributed by atoms with E-state index in [2.05, 4.69) is 10.0 Å². The molecule has 8 nitrogen and oxygen atoms in total. The molecular formula is C8H5N4O4-. The summed E-state index contributed by atoms with van der Waals surface area (Å²) in [7, 11) is 0. The molecule has 0 amide bonds. The van der Waals surface area contributed by atoms with E-state index in [0.29, 0.717) is 0 Å². The second-order valence-corrected chi connectivity index (χ2v) is 2.82. The molecule has 1 aromatic rings. The highest BCUT2D eigenvalue weighted by Crippen LogP contribution is 2.17. The molecule has 0 aliphatic carbocycles. The number of nitro benzene ring substituents is 1. The molecule has 0 bridgehead atoms. The van der Waals surface area contributed by atoms with Gasteiger partial charge in [-0.15, -0.1) is 0 Å². The van der Waals surface area contributed by atoms with Crippen LogP contribution in [0.4, 0.5) is 5.69 Å². The molecule has 8 heteroatoms. The summed E-state index contributed by atoms with van der Waals surface area (Å²) in [5, 5.41) is 24.2. The van der Waals surface area contributed by atoms with Crippen molar-refractivity contribution in [3.8, 4) is 0 Å². The van der Waals surface area contributed by atoms with Crippen molar-refractivity contribution >= 4 is 11.7 Å². The molecule has 0 aromatic heterocycles. The van der Waals surface area contributed by atoms with E-state index in [-0.39, 0.29) is 23.4 Å². The fraction of sp³-hybridized carbons (Fsp3) is 0.125. The molecule has 0 radical (unpaired) electrons. The minimum Gasteiger partial charge on any atom is -0.545 e. The SMILES string of the molecule is [N-]=[N+]=NCc1cc(C(=O)[O-])cc([N+](=O)[O-])c1. The van der Waals surface area contributed by atoms with Crippen molar-refractivity contribution in [2.75, 3.05) is 0 Å². The second kappa shape index (κ2) is 4.76. The van der Waals surface area contributed by atoms with E-state index in [1.807, 2.05) is 0 Å². The molecule has 16 heavy (non-hydrogen) atoms. The number of carboxylic acid groups (broad SMARTS) is 1. The summed E-state index contributed by atoms with van der Waals surface area (Å²) < 4.78 is 0. The van der Waals surface area contributed by atoms with Crippen LogP contribution in [0.1, 0.15) is 15.9 Å². The van der Waals surface area contributed by atoms with Gasteiger partial charge in [-0.1, -0.05) is 5.11 Å². The third-order valence-electron chi connectivity index (χ3n) is 1.74. The lowest BCUT2D eigenvalue weighted by Gasteiger charge is -2.04. The molecule has 0 saturated carbocycles. The van der Waals surface area contributed by atoms with E-state index >= 15 is 0 Å². The van der Waals surface area contributed by atoms with Crippen molar-refractivity contribution in [2.45, 2.75) is 6.54 Å². The van der Waals surface area contributed by atoms with Crippen LogP contribution in [-0.4, -0.2) is 10.9 Å². The van der Waals surface area contributed by atoms with Crippen LogP contribution in [0.3, 0.4) is 0 Å². The molecular weight excluding hydrogens is 216 g/mol. The van der Waals surface area contributed by atoms with Crippen molar-refractivity contribution in [2.24, 2.45) is 5.11 Å². The second-order valence-electron chi connectivity index (χ2n) is 2.82.